The van der Waals surface area contributed by atoms with E-state index in [9.17, 15) is 4.79 Å². The monoisotopic (exact) mass is 141 g/mol. The van der Waals surface area contributed by atoms with E-state index in [1.54, 1.807) is 13.8 Å². The second kappa shape index (κ2) is 2.35. The Labute approximate surface area is 61.8 Å². The van der Waals surface area contributed by atoms with E-state index in [-0.39, 0.29) is 11.7 Å². The summed E-state index contributed by atoms with van der Waals surface area (Å²) in [4.78, 5) is 11.3. The lowest BCUT2D eigenvalue weighted by atomic mass is 9.76. The lowest BCUT2D eigenvalue weighted by molar-refractivity contribution is -0.129. The summed E-state index contributed by atoms with van der Waals surface area (Å²) in [6.07, 6.45) is 3.31. The van der Waals surface area contributed by atoms with Gasteiger partial charge in [0.25, 0.3) is 0 Å². The van der Waals surface area contributed by atoms with Crippen LogP contribution in [0, 0.1) is 5.92 Å². The summed E-state index contributed by atoms with van der Waals surface area (Å²) >= 11 is 0. The fraction of sp³-hybridized carbons (Fsp3) is 0.875. The number of nitrogens with two attached hydrogens (primary N) is 1. The minimum atomic E-state index is -0.606. The fourth-order valence-corrected chi connectivity index (χ4v) is 1.20. The van der Waals surface area contributed by atoms with Gasteiger partial charge in [0.15, 0.2) is 5.78 Å². The van der Waals surface area contributed by atoms with E-state index < -0.39 is 5.54 Å². The van der Waals surface area contributed by atoms with Crippen LogP contribution in [0.1, 0.15) is 33.1 Å². The van der Waals surface area contributed by atoms with Crippen LogP contribution in [0.5, 0.6) is 0 Å². The molecule has 0 atom stereocenters. The summed E-state index contributed by atoms with van der Waals surface area (Å²) in [5.41, 5.74) is 5.03. The molecule has 0 unspecified atom stereocenters. The molecule has 0 heterocycles. The van der Waals surface area contributed by atoms with Crippen molar-refractivity contribution in [1.29, 1.82) is 0 Å². The molecule has 1 fully saturated rings. The maximum atomic E-state index is 11.3. The lowest BCUT2D eigenvalue weighted by Gasteiger charge is -2.30. The normalized spacial score (nSPS) is 20.3. The zero-order valence-electron chi connectivity index (χ0n) is 6.68. The molecule has 1 aliphatic carbocycles. The molecule has 0 radical (unpaired) electrons. The maximum absolute atomic E-state index is 11.3. The highest BCUT2D eigenvalue weighted by Gasteiger charge is 2.33. The van der Waals surface area contributed by atoms with Crippen molar-refractivity contribution >= 4 is 5.78 Å². The summed E-state index contributed by atoms with van der Waals surface area (Å²) in [6.45, 7) is 3.57. The molecule has 0 bridgehead atoms. The average Bonchev–Trinajstić information content (AvgIpc) is 1.57. The van der Waals surface area contributed by atoms with Crippen LogP contribution >= 0.6 is 0 Å². The second-order valence-corrected chi connectivity index (χ2v) is 3.71. The van der Waals surface area contributed by atoms with Gasteiger partial charge in [-0.3, -0.25) is 4.79 Å². The van der Waals surface area contributed by atoms with Crippen LogP contribution in [0.3, 0.4) is 0 Å². The predicted octanol–water partition coefficient (Wildman–Crippen LogP) is 1.09. The molecule has 0 spiro atoms. The highest BCUT2D eigenvalue weighted by Crippen LogP contribution is 2.29. The number of hydrogen-bond donors (Lipinski definition) is 1. The first-order valence-electron chi connectivity index (χ1n) is 3.85. The largest absolute Gasteiger partial charge is 0.319 e. The van der Waals surface area contributed by atoms with Gasteiger partial charge in [0, 0.05) is 5.92 Å². The van der Waals surface area contributed by atoms with Crippen molar-refractivity contribution < 1.29 is 4.79 Å². The van der Waals surface area contributed by atoms with E-state index in [0.717, 1.165) is 12.8 Å². The third-order valence-electron chi connectivity index (χ3n) is 2.11. The van der Waals surface area contributed by atoms with Crippen LogP contribution in [0.25, 0.3) is 0 Å². The molecule has 2 N–H and O–H groups in total. The van der Waals surface area contributed by atoms with Crippen LogP contribution < -0.4 is 5.73 Å². The quantitative estimate of drug-likeness (QED) is 0.625. The van der Waals surface area contributed by atoms with Crippen molar-refractivity contribution in [3.8, 4) is 0 Å². The summed E-state index contributed by atoms with van der Waals surface area (Å²) < 4.78 is 0. The number of carbonyl (C=O) groups is 1. The van der Waals surface area contributed by atoms with Crippen LogP contribution in [0.4, 0.5) is 0 Å². The minimum Gasteiger partial charge on any atom is -0.319 e. The molecule has 1 aliphatic rings. The number of rotatable bonds is 2. The Morgan fingerprint density at radius 3 is 2.10 bits per heavy atom. The highest BCUT2D eigenvalue weighted by molar-refractivity contribution is 5.89. The van der Waals surface area contributed by atoms with Gasteiger partial charge in [-0.1, -0.05) is 6.42 Å². The van der Waals surface area contributed by atoms with Crippen molar-refractivity contribution in [2.24, 2.45) is 11.7 Å². The van der Waals surface area contributed by atoms with Crippen molar-refractivity contribution in [2.45, 2.75) is 38.6 Å². The average molecular weight is 141 g/mol. The molecular formula is C8H15NO. The minimum absolute atomic E-state index is 0.235. The fourth-order valence-electron chi connectivity index (χ4n) is 1.20. The van der Waals surface area contributed by atoms with Gasteiger partial charge in [-0.15, -0.1) is 0 Å². The first kappa shape index (κ1) is 7.73. The molecule has 10 heavy (non-hydrogen) atoms. The molecule has 0 aromatic rings. The van der Waals surface area contributed by atoms with Gasteiger partial charge in [0.05, 0.1) is 5.54 Å². The number of ketones is 1. The zero-order valence-corrected chi connectivity index (χ0v) is 6.68. The van der Waals surface area contributed by atoms with Gasteiger partial charge >= 0.3 is 0 Å². The van der Waals surface area contributed by atoms with Gasteiger partial charge < -0.3 is 5.73 Å². The first-order chi connectivity index (χ1) is 4.52. The Morgan fingerprint density at radius 2 is 2.00 bits per heavy atom. The molecule has 1 rings (SSSR count). The number of hydrogen-bond acceptors (Lipinski definition) is 2. The van der Waals surface area contributed by atoms with E-state index >= 15 is 0 Å². The molecule has 2 nitrogen and oxygen atoms in total. The highest BCUT2D eigenvalue weighted by atomic mass is 16.1. The van der Waals surface area contributed by atoms with E-state index in [1.807, 2.05) is 0 Å². The molecular weight excluding hydrogens is 126 g/mol. The second-order valence-electron chi connectivity index (χ2n) is 3.71. The molecule has 0 aromatic carbocycles. The lowest BCUT2D eigenvalue weighted by Crippen LogP contribution is -2.46. The number of carbonyl (C=O) groups excluding carboxylic acids is 1. The predicted molar refractivity (Wildman–Crippen MR) is 40.6 cm³/mol. The molecule has 0 aromatic heterocycles. The Kier molecular flexibility index (Phi) is 1.82. The summed E-state index contributed by atoms with van der Waals surface area (Å²) in [6, 6.07) is 0. The maximum Gasteiger partial charge on any atom is 0.155 e. The number of Topliss-reactive ketones (excluding diaryl/α,β-unsaturated/α-hetero) is 1. The topological polar surface area (TPSA) is 43.1 Å². The van der Waals surface area contributed by atoms with Gasteiger partial charge in [-0.05, 0) is 26.7 Å². The van der Waals surface area contributed by atoms with Crippen LogP contribution in [-0.4, -0.2) is 11.3 Å². The Morgan fingerprint density at radius 1 is 1.50 bits per heavy atom. The third kappa shape index (κ3) is 1.37. The molecule has 58 valence electrons. The van der Waals surface area contributed by atoms with Crippen molar-refractivity contribution in [3.05, 3.63) is 0 Å². The van der Waals surface area contributed by atoms with Crippen molar-refractivity contribution in [2.75, 3.05) is 0 Å². The summed E-state index contributed by atoms with van der Waals surface area (Å²) in [7, 11) is 0. The Bertz CT molecular complexity index is 142. The van der Waals surface area contributed by atoms with Crippen molar-refractivity contribution in [1.82, 2.24) is 0 Å². The van der Waals surface area contributed by atoms with Gasteiger partial charge in [0.1, 0.15) is 0 Å². The van der Waals surface area contributed by atoms with E-state index in [1.165, 1.54) is 6.42 Å². The smallest absolute Gasteiger partial charge is 0.155 e. The first-order valence-corrected chi connectivity index (χ1v) is 3.85. The molecule has 0 aliphatic heterocycles. The van der Waals surface area contributed by atoms with Crippen LogP contribution in [-0.2, 0) is 4.79 Å². The van der Waals surface area contributed by atoms with E-state index in [4.69, 9.17) is 5.73 Å². The van der Waals surface area contributed by atoms with Gasteiger partial charge in [0.2, 0.25) is 0 Å². The molecule has 0 saturated heterocycles. The molecule has 0 amide bonds. The Balaban J connectivity index is 2.48. The SMILES string of the molecule is CC(C)(N)C(=O)C1CCC1. The summed E-state index contributed by atoms with van der Waals surface area (Å²) in [5, 5.41) is 0. The van der Waals surface area contributed by atoms with Gasteiger partial charge in [-0.2, -0.15) is 0 Å². The summed E-state index contributed by atoms with van der Waals surface area (Å²) in [5.74, 6) is 0.513. The molecule has 2 heteroatoms. The standard InChI is InChI=1S/C8H15NO/c1-8(2,9)7(10)6-4-3-5-6/h6H,3-5,9H2,1-2H3. The Hall–Kier alpha value is -0.370. The van der Waals surface area contributed by atoms with Crippen LogP contribution in [0.2, 0.25) is 0 Å². The van der Waals surface area contributed by atoms with E-state index in [0.29, 0.717) is 0 Å². The molecule has 1 saturated carbocycles. The van der Waals surface area contributed by atoms with Crippen molar-refractivity contribution in [3.63, 3.8) is 0 Å². The van der Waals surface area contributed by atoms with Crippen LogP contribution in [0.15, 0.2) is 0 Å². The van der Waals surface area contributed by atoms with E-state index in [2.05, 4.69) is 0 Å². The van der Waals surface area contributed by atoms with Gasteiger partial charge in [-0.25, -0.2) is 0 Å². The third-order valence-corrected chi connectivity index (χ3v) is 2.11. The zero-order chi connectivity index (χ0) is 7.78.